The minimum absolute atomic E-state index is 0.129. The first kappa shape index (κ1) is 17.6. The van der Waals surface area contributed by atoms with Crippen LogP contribution in [0.15, 0.2) is 28.2 Å². The van der Waals surface area contributed by atoms with Crippen molar-refractivity contribution in [3.63, 3.8) is 0 Å². The van der Waals surface area contributed by atoms with Gasteiger partial charge in [-0.2, -0.15) is 10.1 Å². The molecule has 8 heteroatoms. The minimum atomic E-state index is -0.728. The van der Waals surface area contributed by atoms with E-state index < -0.39 is 5.66 Å². The zero-order valence-electron chi connectivity index (χ0n) is 13.2. The quantitative estimate of drug-likeness (QED) is 0.868. The van der Waals surface area contributed by atoms with Crippen molar-refractivity contribution in [1.82, 2.24) is 5.06 Å². The minimum Gasteiger partial charge on any atom is -0.368 e. The molecule has 0 saturated heterocycles. The Labute approximate surface area is 145 Å². The first-order valence-electron chi connectivity index (χ1n) is 6.95. The predicted molar refractivity (Wildman–Crippen MR) is 95.3 cm³/mol. The second kappa shape index (κ2) is 6.78. The van der Waals surface area contributed by atoms with Crippen molar-refractivity contribution < 1.29 is 4.84 Å². The fraction of sp³-hybridized carbons (Fsp3) is 0.333. The molecular weight excluding hydrogens is 337 g/mol. The Morgan fingerprint density at radius 1 is 1.26 bits per heavy atom. The molecule has 0 spiro atoms. The Morgan fingerprint density at radius 2 is 1.96 bits per heavy atom. The standard InChI is InChI=1S/C15H19Cl2N5O/c1-9-7-12(17)10(8-11(9)16)5-4-6-23-22-14(19)20-13(18)21-15(22,2)3/h4-5,7-8H,6H2,1-3H3,(H4,18,19,20,21). The molecule has 0 bridgehead atoms. The smallest absolute Gasteiger partial charge is 0.226 e. The van der Waals surface area contributed by atoms with Crippen LogP contribution in [0, 0.1) is 6.92 Å². The third-order valence-electron chi connectivity index (χ3n) is 3.20. The van der Waals surface area contributed by atoms with Gasteiger partial charge in [-0.05, 0) is 44.0 Å². The summed E-state index contributed by atoms with van der Waals surface area (Å²) >= 11 is 12.3. The molecule has 2 rings (SSSR count). The fourth-order valence-electron chi connectivity index (χ4n) is 2.10. The second-order valence-electron chi connectivity index (χ2n) is 5.55. The monoisotopic (exact) mass is 355 g/mol. The number of hydroxylamine groups is 2. The van der Waals surface area contributed by atoms with Gasteiger partial charge in [0, 0.05) is 10.0 Å². The van der Waals surface area contributed by atoms with Gasteiger partial charge in [-0.1, -0.05) is 35.4 Å². The molecule has 23 heavy (non-hydrogen) atoms. The lowest BCUT2D eigenvalue weighted by atomic mass is 10.1. The summed E-state index contributed by atoms with van der Waals surface area (Å²) in [5.74, 6) is 0.288. The van der Waals surface area contributed by atoms with Gasteiger partial charge in [0.2, 0.25) is 11.9 Å². The van der Waals surface area contributed by atoms with Crippen LogP contribution in [-0.4, -0.2) is 29.3 Å². The first-order chi connectivity index (χ1) is 10.7. The Kier molecular flexibility index (Phi) is 5.19. The number of hydrogen-bond acceptors (Lipinski definition) is 6. The van der Waals surface area contributed by atoms with Gasteiger partial charge in [0.15, 0.2) is 5.66 Å². The van der Waals surface area contributed by atoms with Crippen LogP contribution < -0.4 is 11.5 Å². The highest BCUT2D eigenvalue weighted by atomic mass is 35.5. The highest BCUT2D eigenvalue weighted by Crippen LogP contribution is 2.26. The number of halogens is 2. The van der Waals surface area contributed by atoms with Crippen molar-refractivity contribution in [2.45, 2.75) is 26.4 Å². The van der Waals surface area contributed by atoms with Crippen LogP contribution in [0.25, 0.3) is 6.08 Å². The van der Waals surface area contributed by atoms with Crippen LogP contribution in [0.4, 0.5) is 0 Å². The summed E-state index contributed by atoms with van der Waals surface area (Å²) in [5, 5.41) is 2.70. The van der Waals surface area contributed by atoms with Crippen molar-refractivity contribution in [3.05, 3.63) is 39.4 Å². The number of benzene rings is 1. The van der Waals surface area contributed by atoms with Crippen LogP contribution in [0.1, 0.15) is 25.0 Å². The maximum absolute atomic E-state index is 6.18. The number of nitrogens with two attached hydrogens (primary N) is 2. The SMILES string of the molecule is Cc1cc(Cl)c(C=CCON2C(N)=NC(N)=NC2(C)C)cc1Cl. The van der Waals surface area contributed by atoms with Crippen molar-refractivity contribution in [3.8, 4) is 0 Å². The van der Waals surface area contributed by atoms with Crippen LogP contribution in [-0.2, 0) is 4.84 Å². The third-order valence-corrected chi connectivity index (χ3v) is 3.93. The van der Waals surface area contributed by atoms with Crippen molar-refractivity contribution in [2.24, 2.45) is 21.5 Å². The summed E-state index contributed by atoms with van der Waals surface area (Å²) in [4.78, 5) is 13.7. The normalized spacial score (nSPS) is 17.3. The van der Waals surface area contributed by atoms with Gasteiger partial charge in [-0.25, -0.2) is 4.99 Å². The van der Waals surface area contributed by atoms with Crippen molar-refractivity contribution in [1.29, 1.82) is 0 Å². The average molecular weight is 356 g/mol. The molecule has 0 radical (unpaired) electrons. The summed E-state index contributed by atoms with van der Waals surface area (Å²) in [6, 6.07) is 3.63. The van der Waals surface area contributed by atoms with E-state index in [4.69, 9.17) is 39.5 Å². The van der Waals surface area contributed by atoms with E-state index in [0.717, 1.165) is 11.1 Å². The van der Waals surface area contributed by atoms with E-state index in [1.807, 2.05) is 32.9 Å². The van der Waals surface area contributed by atoms with Gasteiger partial charge >= 0.3 is 0 Å². The molecule has 1 aromatic rings. The van der Waals surface area contributed by atoms with Gasteiger partial charge < -0.3 is 11.5 Å². The van der Waals surface area contributed by atoms with Gasteiger partial charge in [0.05, 0.1) is 6.61 Å². The van der Waals surface area contributed by atoms with Gasteiger partial charge in [0.1, 0.15) is 0 Å². The Morgan fingerprint density at radius 3 is 2.61 bits per heavy atom. The summed E-state index contributed by atoms with van der Waals surface area (Å²) in [5.41, 5.74) is 12.4. The molecular formula is C15H19Cl2N5O. The summed E-state index contributed by atoms with van der Waals surface area (Å²) in [6.07, 6.45) is 3.63. The average Bonchev–Trinajstić information content (AvgIpc) is 2.41. The fourth-order valence-corrected chi connectivity index (χ4v) is 2.55. The lowest BCUT2D eigenvalue weighted by molar-refractivity contribution is -0.146. The maximum atomic E-state index is 6.18. The lowest BCUT2D eigenvalue weighted by Gasteiger charge is -2.36. The van der Waals surface area contributed by atoms with E-state index in [-0.39, 0.29) is 18.5 Å². The van der Waals surface area contributed by atoms with E-state index in [1.54, 1.807) is 12.1 Å². The van der Waals surface area contributed by atoms with Gasteiger partial charge in [-0.3, -0.25) is 4.84 Å². The maximum Gasteiger partial charge on any atom is 0.226 e. The largest absolute Gasteiger partial charge is 0.368 e. The molecule has 0 amide bonds. The molecule has 6 nitrogen and oxygen atoms in total. The predicted octanol–water partition coefficient (Wildman–Crippen LogP) is 2.93. The van der Waals surface area contributed by atoms with Gasteiger partial charge in [-0.15, -0.1) is 0 Å². The molecule has 124 valence electrons. The number of aryl methyl sites for hydroxylation is 1. The van der Waals surface area contributed by atoms with Crippen LogP contribution >= 0.6 is 23.2 Å². The molecule has 0 fully saturated rings. The van der Waals surface area contributed by atoms with Crippen LogP contribution in [0.3, 0.4) is 0 Å². The molecule has 0 aliphatic carbocycles. The number of rotatable bonds is 4. The Bertz CT molecular complexity index is 697. The number of aliphatic imine (C=N–C) groups is 2. The molecule has 0 saturated carbocycles. The third kappa shape index (κ3) is 4.16. The van der Waals surface area contributed by atoms with Crippen LogP contribution in [0.5, 0.6) is 0 Å². The molecule has 0 unspecified atom stereocenters. The first-order valence-corrected chi connectivity index (χ1v) is 7.71. The summed E-state index contributed by atoms with van der Waals surface area (Å²) in [6.45, 7) is 5.80. The number of nitrogens with zero attached hydrogens (tertiary/aromatic N) is 3. The van der Waals surface area contributed by atoms with Crippen molar-refractivity contribution in [2.75, 3.05) is 6.61 Å². The molecule has 1 heterocycles. The topological polar surface area (TPSA) is 89.2 Å². The molecule has 0 aromatic heterocycles. The highest BCUT2D eigenvalue weighted by molar-refractivity contribution is 6.34. The molecule has 1 aromatic carbocycles. The van der Waals surface area contributed by atoms with Crippen molar-refractivity contribution >= 4 is 41.2 Å². The number of guanidine groups is 2. The second-order valence-corrected chi connectivity index (χ2v) is 6.36. The highest BCUT2D eigenvalue weighted by Gasteiger charge is 2.32. The van der Waals surface area contributed by atoms with E-state index in [1.165, 1.54) is 5.06 Å². The molecule has 1 aliphatic heterocycles. The summed E-state index contributed by atoms with van der Waals surface area (Å²) in [7, 11) is 0. The van der Waals surface area contributed by atoms with E-state index in [0.29, 0.717) is 10.0 Å². The lowest BCUT2D eigenvalue weighted by Crippen LogP contribution is -2.53. The van der Waals surface area contributed by atoms with Gasteiger partial charge in [0.25, 0.3) is 0 Å². The Balaban J connectivity index is 2.03. The van der Waals surface area contributed by atoms with E-state index >= 15 is 0 Å². The molecule has 4 N–H and O–H groups in total. The molecule has 1 aliphatic rings. The van der Waals surface area contributed by atoms with Crippen LogP contribution in [0.2, 0.25) is 10.0 Å². The summed E-state index contributed by atoms with van der Waals surface area (Å²) < 4.78 is 0. The zero-order chi connectivity index (χ0) is 17.2. The molecule has 0 atom stereocenters. The Hall–Kier alpha value is -1.76. The van der Waals surface area contributed by atoms with E-state index in [9.17, 15) is 0 Å². The zero-order valence-corrected chi connectivity index (χ0v) is 14.7. The van der Waals surface area contributed by atoms with E-state index in [2.05, 4.69) is 9.98 Å². The number of hydrogen-bond donors (Lipinski definition) is 2.